The summed E-state index contributed by atoms with van der Waals surface area (Å²) < 4.78 is 0. The van der Waals surface area contributed by atoms with Crippen molar-refractivity contribution in [2.24, 2.45) is 5.92 Å². The fourth-order valence-corrected chi connectivity index (χ4v) is 2.17. The SMILES string of the molecule is CCCC/C(=C\C1CCCCC1)[N+](=O)[O-]. The lowest BCUT2D eigenvalue weighted by Gasteiger charge is -2.17. The minimum absolute atomic E-state index is 0.190. The Morgan fingerprint density at radius 1 is 1.40 bits per heavy atom. The highest BCUT2D eigenvalue weighted by atomic mass is 16.6. The molecule has 3 nitrogen and oxygen atoms in total. The molecule has 86 valence electrons. The normalized spacial score (nSPS) is 19.1. The van der Waals surface area contributed by atoms with Crippen LogP contribution in [-0.4, -0.2) is 4.92 Å². The molecule has 0 atom stereocenters. The summed E-state index contributed by atoms with van der Waals surface area (Å²) in [4.78, 5) is 10.6. The molecular weight excluding hydrogens is 190 g/mol. The van der Waals surface area contributed by atoms with Gasteiger partial charge in [0.25, 0.3) is 0 Å². The third-order valence-corrected chi connectivity index (χ3v) is 3.10. The quantitative estimate of drug-likeness (QED) is 0.511. The maximum atomic E-state index is 10.8. The molecule has 1 saturated carbocycles. The van der Waals surface area contributed by atoms with Crippen molar-refractivity contribution >= 4 is 0 Å². The van der Waals surface area contributed by atoms with Gasteiger partial charge in [0, 0.05) is 6.42 Å². The third kappa shape index (κ3) is 4.45. The molecule has 1 aliphatic rings. The Morgan fingerprint density at radius 2 is 2.07 bits per heavy atom. The van der Waals surface area contributed by atoms with Gasteiger partial charge in [-0.2, -0.15) is 0 Å². The number of nitrogens with zero attached hydrogens (tertiary/aromatic N) is 1. The molecule has 1 aliphatic carbocycles. The number of allylic oxidation sites excluding steroid dienone is 2. The summed E-state index contributed by atoms with van der Waals surface area (Å²) in [5.41, 5.74) is 0.448. The van der Waals surface area contributed by atoms with E-state index in [1.54, 1.807) is 0 Å². The Kier molecular flexibility index (Phi) is 5.37. The molecule has 1 rings (SSSR count). The average molecular weight is 211 g/mol. The van der Waals surface area contributed by atoms with Crippen LogP contribution in [0.15, 0.2) is 11.8 Å². The van der Waals surface area contributed by atoms with Crippen molar-refractivity contribution in [1.82, 2.24) is 0 Å². The van der Waals surface area contributed by atoms with Gasteiger partial charge in [0.05, 0.1) is 4.92 Å². The van der Waals surface area contributed by atoms with Crippen molar-refractivity contribution in [2.45, 2.75) is 58.3 Å². The summed E-state index contributed by atoms with van der Waals surface area (Å²) in [5.74, 6) is 0.469. The first kappa shape index (κ1) is 12.2. The number of hydrogen-bond donors (Lipinski definition) is 0. The van der Waals surface area contributed by atoms with E-state index in [1.807, 2.05) is 6.08 Å². The van der Waals surface area contributed by atoms with Crippen molar-refractivity contribution in [3.8, 4) is 0 Å². The lowest BCUT2D eigenvalue weighted by atomic mass is 9.88. The molecule has 0 radical (unpaired) electrons. The molecule has 0 unspecified atom stereocenters. The van der Waals surface area contributed by atoms with Crippen molar-refractivity contribution in [1.29, 1.82) is 0 Å². The van der Waals surface area contributed by atoms with Crippen molar-refractivity contribution in [3.63, 3.8) is 0 Å². The molecule has 0 saturated heterocycles. The maximum Gasteiger partial charge on any atom is 0.242 e. The van der Waals surface area contributed by atoms with Gasteiger partial charge in [-0.25, -0.2) is 0 Å². The van der Waals surface area contributed by atoms with Crippen LogP contribution in [0.4, 0.5) is 0 Å². The molecule has 0 aromatic carbocycles. The molecule has 0 aromatic rings. The van der Waals surface area contributed by atoms with Gasteiger partial charge in [0.15, 0.2) is 0 Å². The van der Waals surface area contributed by atoms with Crippen LogP contribution in [0.2, 0.25) is 0 Å². The summed E-state index contributed by atoms with van der Waals surface area (Å²) in [7, 11) is 0. The predicted molar refractivity (Wildman–Crippen MR) is 61.2 cm³/mol. The third-order valence-electron chi connectivity index (χ3n) is 3.10. The second-order valence-electron chi connectivity index (χ2n) is 4.42. The average Bonchev–Trinajstić information content (AvgIpc) is 2.25. The molecule has 0 N–H and O–H groups in total. The minimum atomic E-state index is -0.190. The van der Waals surface area contributed by atoms with Gasteiger partial charge in [-0.15, -0.1) is 0 Å². The van der Waals surface area contributed by atoms with Crippen LogP contribution in [-0.2, 0) is 0 Å². The van der Waals surface area contributed by atoms with E-state index >= 15 is 0 Å². The first-order valence-corrected chi connectivity index (χ1v) is 6.09. The van der Waals surface area contributed by atoms with Crippen LogP contribution in [0.3, 0.4) is 0 Å². The molecule has 0 heterocycles. The first-order valence-electron chi connectivity index (χ1n) is 6.09. The van der Waals surface area contributed by atoms with Gasteiger partial charge in [-0.1, -0.05) is 32.6 Å². The monoisotopic (exact) mass is 211 g/mol. The maximum absolute atomic E-state index is 10.8. The van der Waals surface area contributed by atoms with E-state index in [1.165, 1.54) is 19.3 Å². The Balaban J connectivity index is 2.52. The molecule has 0 aromatic heterocycles. The molecular formula is C12H21NO2. The van der Waals surface area contributed by atoms with E-state index in [-0.39, 0.29) is 4.92 Å². The molecule has 0 amide bonds. The molecule has 0 spiro atoms. The Hall–Kier alpha value is -0.860. The van der Waals surface area contributed by atoms with E-state index in [9.17, 15) is 10.1 Å². The Bertz CT molecular complexity index is 230. The highest BCUT2D eigenvalue weighted by Crippen LogP contribution is 2.26. The first-order chi connectivity index (χ1) is 7.24. The number of hydrogen-bond acceptors (Lipinski definition) is 2. The van der Waals surface area contributed by atoms with Gasteiger partial charge < -0.3 is 0 Å². The summed E-state index contributed by atoms with van der Waals surface area (Å²) >= 11 is 0. The second kappa shape index (κ2) is 6.59. The van der Waals surface area contributed by atoms with Crippen LogP contribution in [0.5, 0.6) is 0 Å². The van der Waals surface area contributed by atoms with Crippen molar-refractivity contribution in [2.75, 3.05) is 0 Å². The fourth-order valence-electron chi connectivity index (χ4n) is 2.17. The summed E-state index contributed by atoms with van der Waals surface area (Å²) in [5, 5.41) is 10.8. The van der Waals surface area contributed by atoms with E-state index in [4.69, 9.17) is 0 Å². The van der Waals surface area contributed by atoms with Crippen LogP contribution >= 0.6 is 0 Å². The summed E-state index contributed by atoms with van der Waals surface area (Å²) in [6.45, 7) is 2.07. The lowest BCUT2D eigenvalue weighted by Crippen LogP contribution is -2.07. The fraction of sp³-hybridized carbons (Fsp3) is 0.833. The van der Waals surface area contributed by atoms with Crippen LogP contribution in [0.1, 0.15) is 58.3 Å². The molecule has 3 heteroatoms. The molecule has 15 heavy (non-hydrogen) atoms. The molecule has 0 bridgehead atoms. The number of nitro groups is 1. The van der Waals surface area contributed by atoms with Crippen molar-refractivity contribution < 1.29 is 4.92 Å². The Labute approximate surface area is 91.7 Å². The van der Waals surface area contributed by atoms with E-state index < -0.39 is 0 Å². The smallest absolute Gasteiger partial charge is 0.242 e. The molecule has 1 fully saturated rings. The van der Waals surface area contributed by atoms with Crippen LogP contribution in [0, 0.1) is 16.0 Å². The van der Waals surface area contributed by atoms with Gasteiger partial charge >= 0.3 is 0 Å². The second-order valence-corrected chi connectivity index (χ2v) is 4.42. The minimum Gasteiger partial charge on any atom is -0.259 e. The highest BCUT2D eigenvalue weighted by molar-refractivity contribution is 4.96. The van der Waals surface area contributed by atoms with E-state index in [2.05, 4.69) is 6.92 Å². The standard InChI is InChI=1S/C12H21NO2/c1-2-3-9-12(13(14)15)10-11-7-5-4-6-8-11/h10-11H,2-9H2,1H3/b12-10+. The van der Waals surface area contributed by atoms with Crippen LogP contribution in [0.25, 0.3) is 0 Å². The summed E-state index contributed by atoms with van der Waals surface area (Å²) in [6.07, 6.45) is 10.6. The van der Waals surface area contributed by atoms with Crippen molar-refractivity contribution in [3.05, 3.63) is 21.9 Å². The lowest BCUT2D eigenvalue weighted by molar-refractivity contribution is -0.428. The molecule has 0 aliphatic heterocycles. The van der Waals surface area contributed by atoms with Gasteiger partial charge in [-0.3, -0.25) is 10.1 Å². The van der Waals surface area contributed by atoms with E-state index in [0.717, 1.165) is 25.7 Å². The van der Waals surface area contributed by atoms with E-state index in [0.29, 0.717) is 18.0 Å². The van der Waals surface area contributed by atoms with Gasteiger partial charge in [0.2, 0.25) is 5.70 Å². The van der Waals surface area contributed by atoms with Gasteiger partial charge in [0.1, 0.15) is 0 Å². The largest absolute Gasteiger partial charge is 0.259 e. The topological polar surface area (TPSA) is 43.1 Å². The zero-order valence-corrected chi connectivity index (χ0v) is 9.58. The number of unbranched alkanes of at least 4 members (excludes halogenated alkanes) is 1. The van der Waals surface area contributed by atoms with Gasteiger partial charge in [-0.05, 0) is 31.3 Å². The zero-order valence-electron chi connectivity index (χ0n) is 9.58. The summed E-state index contributed by atoms with van der Waals surface area (Å²) in [6, 6.07) is 0. The van der Waals surface area contributed by atoms with Crippen LogP contribution < -0.4 is 0 Å². The predicted octanol–water partition coefficient (Wildman–Crippen LogP) is 3.92. The highest BCUT2D eigenvalue weighted by Gasteiger charge is 2.16. The zero-order chi connectivity index (χ0) is 11.1. The Morgan fingerprint density at radius 3 is 2.60 bits per heavy atom. The number of rotatable bonds is 5.